The maximum absolute atomic E-state index is 14.0. The van der Waals surface area contributed by atoms with Gasteiger partial charge in [-0.2, -0.15) is 0 Å². The molecule has 0 aliphatic carbocycles. The highest BCUT2D eigenvalue weighted by Gasteiger charge is 2.23. The van der Waals surface area contributed by atoms with E-state index in [1.165, 1.54) is 12.1 Å². The van der Waals surface area contributed by atoms with Crippen LogP contribution in [0.15, 0.2) is 42.5 Å². The normalized spacial score (nSPS) is 16.1. The summed E-state index contributed by atoms with van der Waals surface area (Å²) >= 11 is 0. The fourth-order valence-corrected chi connectivity index (χ4v) is 3.18. The van der Waals surface area contributed by atoms with Crippen LogP contribution in [0.1, 0.15) is 46.8 Å². The Morgan fingerprint density at radius 3 is 2.81 bits per heavy atom. The predicted molar refractivity (Wildman–Crippen MR) is 93.7 cm³/mol. The van der Waals surface area contributed by atoms with Gasteiger partial charge in [-0.25, -0.2) is 9.18 Å². The molecule has 2 aromatic rings. The fourth-order valence-electron chi connectivity index (χ4n) is 3.18. The molecule has 0 saturated heterocycles. The number of aromatic carboxylic acids is 1. The second-order valence-corrected chi connectivity index (χ2v) is 6.23. The first-order chi connectivity index (χ1) is 12.6. The number of aryl methyl sites for hydroxylation is 1. The number of hydrogen-bond donors (Lipinski definition) is 2. The number of fused-ring (bicyclic) bond motifs is 1. The highest BCUT2D eigenvalue weighted by molar-refractivity contribution is 5.89. The third-order valence-electron chi connectivity index (χ3n) is 4.46. The van der Waals surface area contributed by atoms with Crippen molar-refractivity contribution < 1.29 is 23.8 Å². The van der Waals surface area contributed by atoms with Crippen molar-refractivity contribution in [3.63, 3.8) is 0 Å². The van der Waals surface area contributed by atoms with Gasteiger partial charge >= 0.3 is 5.97 Å². The molecule has 3 rings (SSSR count). The Hall–Kier alpha value is -2.89. The number of rotatable bonds is 5. The molecule has 1 heterocycles. The summed E-state index contributed by atoms with van der Waals surface area (Å²) in [6, 6.07) is 11.0. The van der Waals surface area contributed by atoms with Crippen molar-refractivity contribution in [1.82, 2.24) is 5.32 Å². The van der Waals surface area contributed by atoms with Gasteiger partial charge < -0.3 is 15.2 Å². The Labute approximate surface area is 150 Å². The largest absolute Gasteiger partial charge is 0.490 e. The first-order valence-electron chi connectivity index (χ1n) is 8.58. The maximum atomic E-state index is 14.0. The molecule has 5 nitrogen and oxygen atoms in total. The molecule has 1 aliphatic heterocycles. The Bertz CT molecular complexity index is 821. The summed E-state index contributed by atoms with van der Waals surface area (Å²) in [4.78, 5) is 23.6. The van der Waals surface area contributed by atoms with Crippen LogP contribution in [0, 0.1) is 5.82 Å². The van der Waals surface area contributed by atoms with Crippen LogP contribution in [0.5, 0.6) is 5.75 Å². The van der Waals surface area contributed by atoms with Gasteiger partial charge in [-0.1, -0.05) is 30.3 Å². The minimum Gasteiger partial charge on any atom is -0.490 e. The highest BCUT2D eigenvalue weighted by Crippen LogP contribution is 2.33. The van der Waals surface area contributed by atoms with E-state index < -0.39 is 11.8 Å². The SMILES string of the molecule is O=C(CCc1ccccc1C(=O)O)NC1CCCOc2c(F)cccc21. The van der Waals surface area contributed by atoms with Crippen LogP contribution in [0.2, 0.25) is 0 Å². The Morgan fingerprint density at radius 2 is 2.00 bits per heavy atom. The summed E-state index contributed by atoms with van der Waals surface area (Å²) in [5.74, 6) is -1.44. The minimum absolute atomic E-state index is 0.159. The summed E-state index contributed by atoms with van der Waals surface area (Å²) in [6.45, 7) is 0.409. The number of ether oxygens (including phenoxy) is 1. The summed E-state index contributed by atoms with van der Waals surface area (Å²) in [5, 5.41) is 12.1. The first kappa shape index (κ1) is 17.9. The molecule has 0 saturated carbocycles. The molecule has 1 atom stereocenters. The summed E-state index contributed by atoms with van der Waals surface area (Å²) in [6.07, 6.45) is 1.86. The molecule has 1 amide bonds. The number of carboxylic acids is 1. The summed E-state index contributed by atoms with van der Waals surface area (Å²) in [7, 11) is 0. The van der Waals surface area contributed by atoms with E-state index in [0.717, 1.165) is 0 Å². The number of amides is 1. The zero-order chi connectivity index (χ0) is 18.5. The van der Waals surface area contributed by atoms with Crippen LogP contribution in [0.4, 0.5) is 4.39 Å². The molecule has 0 spiro atoms. The van der Waals surface area contributed by atoms with Gasteiger partial charge in [0.25, 0.3) is 0 Å². The minimum atomic E-state index is -1.01. The molecule has 0 aromatic heterocycles. The van der Waals surface area contributed by atoms with Crippen molar-refractivity contribution in [2.45, 2.75) is 31.7 Å². The topological polar surface area (TPSA) is 75.6 Å². The molecule has 1 aliphatic rings. The van der Waals surface area contributed by atoms with Crippen molar-refractivity contribution >= 4 is 11.9 Å². The molecule has 2 aromatic carbocycles. The molecule has 6 heteroatoms. The lowest BCUT2D eigenvalue weighted by atomic mass is 10.00. The zero-order valence-corrected chi connectivity index (χ0v) is 14.2. The van der Waals surface area contributed by atoms with Gasteiger partial charge in [0.05, 0.1) is 18.2 Å². The molecule has 0 bridgehead atoms. The average molecular weight is 357 g/mol. The van der Waals surface area contributed by atoms with Gasteiger partial charge in [-0.15, -0.1) is 0 Å². The Kier molecular flexibility index (Phi) is 5.51. The van der Waals surface area contributed by atoms with Crippen molar-refractivity contribution in [3.8, 4) is 5.75 Å². The lowest BCUT2D eigenvalue weighted by Gasteiger charge is -2.18. The number of para-hydroxylation sites is 1. The standard InChI is InChI=1S/C20H20FNO4/c21-16-8-3-7-15-17(9-4-12-26-19(15)16)22-18(23)11-10-13-5-1-2-6-14(13)20(24)25/h1-3,5-8,17H,4,9-12H2,(H,22,23)(H,24,25). The van der Waals surface area contributed by atoms with E-state index >= 15 is 0 Å². The highest BCUT2D eigenvalue weighted by atomic mass is 19.1. The molecular formula is C20H20FNO4. The molecule has 26 heavy (non-hydrogen) atoms. The van der Waals surface area contributed by atoms with Crippen LogP contribution in [0.3, 0.4) is 0 Å². The van der Waals surface area contributed by atoms with E-state index in [1.807, 2.05) is 0 Å². The quantitative estimate of drug-likeness (QED) is 0.859. The van der Waals surface area contributed by atoms with Crippen LogP contribution in [-0.4, -0.2) is 23.6 Å². The van der Waals surface area contributed by atoms with Gasteiger partial charge in [0.15, 0.2) is 11.6 Å². The van der Waals surface area contributed by atoms with Crippen molar-refractivity contribution in [2.75, 3.05) is 6.61 Å². The summed E-state index contributed by atoms with van der Waals surface area (Å²) < 4.78 is 19.4. The van der Waals surface area contributed by atoms with Gasteiger partial charge in [0.1, 0.15) is 0 Å². The Balaban J connectivity index is 1.68. The van der Waals surface area contributed by atoms with Crippen LogP contribution >= 0.6 is 0 Å². The van der Waals surface area contributed by atoms with Gasteiger partial charge in [-0.3, -0.25) is 4.79 Å². The second-order valence-electron chi connectivity index (χ2n) is 6.23. The Morgan fingerprint density at radius 1 is 1.19 bits per heavy atom. The number of carbonyl (C=O) groups is 2. The van der Waals surface area contributed by atoms with E-state index in [4.69, 9.17) is 4.74 Å². The van der Waals surface area contributed by atoms with Crippen molar-refractivity contribution in [3.05, 3.63) is 65.0 Å². The van der Waals surface area contributed by atoms with E-state index in [-0.39, 0.29) is 29.7 Å². The lowest BCUT2D eigenvalue weighted by Crippen LogP contribution is -2.28. The van der Waals surface area contributed by atoms with Gasteiger partial charge in [-0.05, 0) is 37.0 Å². The lowest BCUT2D eigenvalue weighted by molar-refractivity contribution is -0.121. The van der Waals surface area contributed by atoms with Crippen molar-refractivity contribution in [2.24, 2.45) is 0 Å². The molecule has 0 fully saturated rings. The average Bonchev–Trinajstić information content (AvgIpc) is 2.84. The first-order valence-corrected chi connectivity index (χ1v) is 8.58. The molecular weight excluding hydrogens is 337 g/mol. The van der Waals surface area contributed by atoms with Crippen LogP contribution in [0.25, 0.3) is 0 Å². The van der Waals surface area contributed by atoms with E-state index in [1.54, 1.807) is 30.3 Å². The second kappa shape index (κ2) is 7.99. The number of carboxylic acid groups (broad SMARTS) is 1. The van der Waals surface area contributed by atoms with Gasteiger partial charge in [0.2, 0.25) is 5.91 Å². The molecule has 0 radical (unpaired) electrons. The number of carbonyl (C=O) groups excluding carboxylic acids is 1. The maximum Gasteiger partial charge on any atom is 0.335 e. The number of halogens is 1. The predicted octanol–water partition coefficient (Wildman–Crippen LogP) is 3.49. The van der Waals surface area contributed by atoms with E-state index in [0.29, 0.717) is 37.0 Å². The molecule has 2 N–H and O–H groups in total. The molecule has 1 unspecified atom stereocenters. The summed E-state index contributed by atoms with van der Waals surface area (Å²) in [5.41, 5.74) is 1.46. The third kappa shape index (κ3) is 4.02. The van der Waals surface area contributed by atoms with E-state index in [2.05, 4.69) is 5.32 Å². The smallest absolute Gasteiger partial charge is 0.335 e. The monoisotopic (exact) mass is 357 g/mol. The number of hydrogen-bond acceptors (Lipinski definition) is 3. The fraction of sp³-hybridized carbons (Fsp3) is 0.300. The third-order valence-corrected chi connectivity index (χ3v) is 4.46. The van der Waals surface area contributed by atoms with E-state index in [9.17, 15) is 19.1 Å². The zero-order valence-electron chi connectivity index (χ0n) is 14.2. The molecule has 136 valence electrons. The van der Waals surface area contributed by atoms with Crippen molar-refractivity contribution in [1.29, 1.82) is 0 Å². The van der Waals surface area contributed by atoms with Crippen LogP contribution < -0.4 is 10.1 Å². The number of benzene rings is 2. The van der Waals surface area contributed by atoms with Crippen LogP contribution in [-0.2, 0) is 11.2 Å². The number of nitrogens with one attached hydrogen (secondary N) is 1. The van der Waals surface area contributed by atoms with Gasteiger partial charge in [0, 0.05) is 12.0 Å².